The molecule has 0 N–H and O–H groups in total. The van der Waals surface area contributed by atoms with Gasteiger partial charge in [-0.05, 0) is 20.8 Å². The van der Waals surface area contributed by atoms with E-state index in [0.717, 1.165) is 16.7 Å². The molecule has 0 unspecified atom stereocenters. The average Bonchev–Trinajstić information content (AvgIpc) is 1.64. The highest BCUT2D eigenvalue weighted by Gasteiger charge is 2.21. The Hall–Kier alpha value is 0.230. The molecular weight excluding hydrogens is 138 g/mol. The molecule has 1 radical (unpaired) electrons. The molecule has 0 atom stereocenters. The maximum Gasteiger partial charge on any atom is 0.111 e. The Morgan fingerprint density at radius 1 is 1.44 bits per heavy atom. The van der Waals surface area contributed by atoms with Crippen molar-refractivity contribution in [1.82, 2.24) is 4.47 Å². The summed E-state index contributed by atoms with van der Waals surface area (Å²) in [6.45, 7) is 5.48. The Morgan fingerprint density at radius 2 is 1.89 bits per heavy atom. The van der Waals surface area contributed by atoms with Crippen LogP contribution in [0.25, 0.3) is 0 Å². The van der Waals surface area contributed by atoms with Gasteiger partial charge in [0.15, 0.2) is 0 Å². The molecule has 0 aliphatic heterocycles. The van der Waals surface area contributed by atoms with Crippen LogP contribution in [-0.2, 0) is 9.39 Å². The van der Waals surface area contributed by atoms with E-state index in [1.165, 1.54) is 7.11 Å². The standard InChI is InChI=1S/C5H12NO2S/c1-5(2,3)6(7)9-8-4/h1-4H3. The zero-order chi connectivity index (χ0) is 7.49. The molecule has 0 aromatic heterocycles. The molecular formula is C5H12NO2S. The second kappa shape index (κ2) is 3.41. The van der Waals surface area contributed by atoms with Crippen LogP contribution in [0.4, 0.5) is 0 Å². The smallest absolute Gasteiger partial charge is 0.111 e. The fraction of sp³-hybridized carbons (Fsp3) is 1.00. The average molecular weight is 150 g/mol. The summed E-state index contributed by atoms with van der Waals surface area (Å²) >= 11 is 0.816. The molecule has 0 saturated carbocycles. The van der Waals surface area contributed by atoms with Gasteiger partial charge in [0.05, 0.1) is 12.6 Å². The molecule has 55 valence electrons. The molecule has 0 aliphatic carbocycles. The first-order valence-electron chi connectivity index (χ1n) is 2.66. The predicted molar refractivity (Wildman–Crippen MR) is 36.9 cm³/mol. The third-order valence-electron chi connectivity index (χ3n) is 0.690. The van der Waals surface area contributed by atoms with Crippen LogP contribution in [0.2, 0.25) is 0 Å². The summed E-state index contributed by atoms with van der Waals surface area (Å²) in [6.07, 6.45) is 0. The summed E-state index contributed by atoms with van der Waals surface area (Å²) in [5.74, 6) is 0. The Morgan fingerprint density at radius 3 is 2.00 bits per heavy atom. The van der Waals surface area contributed by atoms with Crippen LogP contribution in [0.3, 0.4) is 0 Å². The van der Waals surface area contributed by atoms with E-state index < -0.39 is 0 Å². The number of hydroxylamine groups is 1. The van der Waals surface area contributed by atoms with Gasteiger partial charge in [0.2, 0.25) is 0 Å². The van der Waals surface area contributed by atoms with Crippen molar-refractivity contribution in [2.75, 3.05) is 7.11 Å². The Kier molecular flexibility index (Phi) is 3.50. The summed E-state index contributed by atoms with van der Waals surface area (Å²) in [4.78, 5) is 0. The van der Waals surface area contributed by atoms with Gasteiger partial charge in [-0.2, -0.15) is 0 Å². The van der Waals surface area contributed by atoms with E-state index in [2.05, 4.69) is 4.18 Å². The lowest BCUT2D eigenvalue weighted by atomic mass is 10.1. The van der Waals surface area contributed by atoms with Crippen molar-refractivity contribution in [2.45, 2.75) is 26.3 Å². The van der Waals surface area contributed by atoms with E-state index in [1.54, 1.807) is 0 Å². The largest absolute Gasteiger partial charge is 0.303 e. The van der Waals surface area contributed by atoms with E-state index in [0.29, 0.717) is 0 Å². The van der Waals surface area contributed by atoms with Crippen LogP contribution in [0.15, 0.2) is 0 Å². The second-order valence-corrected chi connectivity index (χ2v) is 3.48. The van der Waals surface area contributed by atoms with Gasteiger partial charge >= 0.3 is 0 Å². The van der Waals surface area contributed by atoms with E-state index in [9.17, 15) is 5.21 Å². The molecule has 0 heterocycles. The van der Waals surface area contributed by atoms with Crippen molar-refractivity contribution >= 4 is 12.2 Å². The van der Waals surface area contributed by atoms with E-state index in [4.69, 9.17) is 0 Å². The molecule has 9 heavy (non-hydrogen) atoms. The van der Waals surface area contributed by atoms with Crippen molar-refractivity contribution in [3.05, 3.63) is 0 Å². The van der Waals surface area contributed by atoms with E-state index >= 15 is 0 Å². The van der Waals surface area contributed by atoms with Crippen molar-refractivity contribution in [3.8, 4) is 0 Å². The van der Waals surface area contributed by atoms with Crippen LogP contribution < -0.4 is 0 Å². The normalized spacial score (nSPS) is 12.7. The molecule has 0 rings (SSSR count). The molecule has 0 amide bonds. The van der Waals surface area contributed by atoms with Crippen molar-refractivity contribution in [1.29, 1.82) is 0 Å². The minimum atomic E-state index is -0.374. The Balaban J connectivity index is 3.59. The summed E-state index contributed by atoms with van der Waals surface area (Å²) in [5.41, 5.74) is -0.374. The Bertz CT molecular complexity index is 81.5. The highest BCUT2D eigenvalue weighted by Crippen LogP contribution is 2.20. The van der Waals surface area contributed by atoms with Crippen molar-refractivity contribution in [2.24, 2.45) is 0 Å². The van der Waals surface area contributed by atoms with Crippen LogP contribution in [0.1, 0.15) is 20.8 Å². The molecule has 0 aromatic carbocycles. The zero-order valence-electron chi connectivity index (χ0n) is 6.17. The van der Waals surface area contributed by atoms with Gasteiger partial charge in [-0.25, -0.2) is 0 Å². The fourth-order valence-electron chi connectivity index (χ4n) is 0.180. The van der Waals surface area contributed by atoms with Crippen LogP contribution in [-0.4, -0.2) is 17.1 Å². The first-order valence-corrected chi connectivity index (χ1v) is 3.36. The summed E-state index contributed by atoms with van der Waals surface area (Å²) < 4.78 is 5.37. The number of rotatable bonds is 2. The molecule has 0 aromatic rings. The molecule has 0 fully saturated rings. The predicted octanol–water partition coefficient (Wildman–Crippen LogP) is 1.64. The van der Waals surface area contributed by atoms with E-state index in [-0.39, 0.29) is 5.54 Å². The van der Waals surface area contributed by atoms with Crippen molar-refractivity contribution in [3.63, 3.8) is 0 Å². The second-order valence-electron chi connectivity index (χ2n) is 2.67. The number of hydrogen-bond acceptors (Lipinski definition) is 3. The maximum absolute atomic E-state index is 10.8. The van der Waals surface area contributed by atoms with Crippen LogP contribution in [0, 0.1) is 0 Å². The molecule has 3 nitrogen and oxygen atoms in total. The highest BCUT2D eigenvalue weighted by atomic mass is 32.2. The molecule has 0 saturated heterocycles. The maximum atomic E-state index is 10.8. The van der Waals surface area contributed by atoms with Gasteiger partial charge in [-0.3, -0.25) is 0 Å². The minimum absolute atomic E-state index is 0.374. The van der Waals surface area contributed by atoms with Crippen LogP contribution in [0.5, 0.6) is 0 Å². The SMILES string of the molecule is COSN([O])C(C)(C)C. The Labute approximate surface area is 60.3 Å². The highest BCUT2D eigenvalue weighted by molar-refractivity contribution is 7.92. The molecule has 0 bridgehead atoms. The summed E-state index contributed by atoms with van der Waals surface area (Å²) in [7, 11) is 1.47. The molecule has 0 spiro atoms. The fourth-order valence-corrected chi connectivity index (χ4v) is 0.539. The van der Waals surface area contributed by atoms with Crippen molar-refractivity contribution < 1.29 is 9.39 Å². The molecule has 4 heteroatoms. The van der Waals surface area contributed by atoms with Gasteiger partial charge in [0, 0.05) is 0 Å². The lowest BCUT2D eigenvalue weighted by Crippen LogP contribution is -2.31. The van der Waals surface area contributed by atoms with Gasteiger partial charge < -0.3 is 4.18 Å². The lowest BCUT2D eigenvalue weighted by Gasteiger charge is -2.23. The van der Waals surface area contributed by atoms with E-state index in [1.807, 2.05) is 20.8 Å². The minimum Gasteiger partial charge on any atom is -0.303 e. The number of nitrogens with zero attached hydrogens (tertiary/aromatic N) is 1. The summed E-state index contributed by atoms with van der Waals surface area (Å²) in [6, 6.07) is 0. The van der Waals surface area contributed by atoms with Crippen LogP contribution >= 0.6 is 12.2 Å². The third kappa shape index (κ3) is 3.75. The van der Waals surface area contributed by atoms with Gasteiger partial charge in [0.1, 0.15) is 12.2 Å². The zero-order valence-corrected chi connectivity index (χ0v) is 6.99. The first kappa shape index (κ1) is 9.23. The third-order valence-corrected chi connectivity index (χ3v) is 1.52. The first-order chi connectivity index (χ1) is 3.98. The molecule has 0 aliphatic rings. The monoisotopic (exact) mass is 150 g/mol. The van der Waals surface area contributed by atoms with Gasteiger partial charge in [-0.15, -0.1) is 5.21 Å². The van der Waals surface area contributed by atoms with Gasteiger partial charge in [0.25, 0.3) is 0 Å². The number of hydrogen-bond donors (Lipinski definition) is 0. The lowest BCUT2D eigenvalue weighted by molar-refractivity contribution is -0.126. The summed E-state index contributed by atoms with van der Waals surface area (Å²) in [5, 5.41) is 10.8. The van der Waals surface area contributed by atoms with Gasteiger partial charge in [-0.1, -0.05) is 4.47 Å². The topological polar surface area (TPSA) is 32.4 Å². The quantitative estimate of drug-likeness (QED) is 0.341.